The van der Waals surface area contributed by atoms with Gasteiger partial charge in [-0.3, -0.25) is 19.2 Å². The molecule has 18 atom stereocenters. The van der Waals surface area contributed by atoms with E-state index in [0.717, 1.165) is 18.5 Å². The van der Waals surface area contributed by atoms with Crippen LogP contribution >= 0.6 is 0 Å². The van der Waals surface area contributed by atoms with Gasteiger partial charge in [0.25, 0.3) is 0 Å². The molecule has 3 aliphatic heterocycles. The first-order valence-electron chi connectivity index (χ1n) is 27.1. The highest BCUT2D eigenvalue weighted by Crippen LogP contribution is 2.40. The Balaban J connectivity index is 1.29. The van der Waals surface area contributed by atoms with E-state index >= 15 is 0 Å². The lowest BCUT2D eigenvalue weighted by atomic mass is 9.78. The van der Waals surface area contributed by atoms with Crippen LogP contribution in [0.1, 0.15) is 125 Å². The number of nitrogens with one attached hydrogen (secondary N) is 3. The molecule has 436 valence electrons. The maximum Gasteiger partial charge on any atom is 0.341 e. The molecule has 22 heteroatoms. The number of fused-ring (bicyclic) bond motifs is 1. The fourth-order valence-corrected chi connectivity index (χ4v) is 11.4. The lowest BCUT2D eigenvalue weighted by molar-refractivity contribution is -0.318. The number of carbonyl (C=O) groups excluding carboxylic acids is 3. The molecule has 1 amide bonds. The van der Waals surface area contributed by atoms with E-state index < -0.39 is 125 Å². The number of ether oxygens (including phenoxy) is 7. The average molecular weight is 1090 g/mol. The number of nitrogens with zero attached hydrogens (tertiary/aromatic N) is 2. The number of carbonyl (C=O) groups is 4. The van der Waals surface area contributed by atoms with Crippen LogP contribution in [0.3, 0.4) is 0 Å². The quantitative estimate of drug-likeness (QED) is 0.0786. The van der Waals surface area contributed by atoms with Gasteiger partial charge in [0, 0.05) is 68.9 Å². The molecule has 0 aliphatic carbocycles. The molecule has 8 N–H and O–H groups in total. The van der Waals surface area contributed by atoms with Gasteiger partial charge in [-0.2, -0.15) is 0 Å². The summed E-state index contributed by atoms with van der Waals surface area (Å²) < 4.78 is 46.0. The van der Waals surface area contributed by atoms with E-state index in [1.165, 1.54) is 34.1 Å². The summed E-state index contributed by atoms with van der Waals surface area (Å²) in [5.74, 6) is -6.43. The van der Waals surface area contributed by atoms with Gasteiger partial charge < -0.3 is 84.1 Å². The molecule has 3 saturated heterocycles. The SMILES string of the molecule is CC[C@H]1OC(=O)[C@H](C)[C@@H](O[C@H]2C[C@@](C)(OC)[C@@H](OC(=O)CCNCCCCNc3ccc4c(=O)c(C(=O)O)cn(C)c4c3)[C@H](C)O2)[C@H](C)[C@@H](O[C@@H]2O[C@H](C)C[C@H](N(C)C)[C@H]2O)[C@](C)(O)C[C@@H](C)NC(=O)[C@H](C)[C@@H](O)[C@]1(C)O. The van der Waals surface area contributed by atoms with Gasteiger partial charge in [-0.1, -0.05) is 20.8 Å². The Kier molecular flexibility index (Phi) is 22.1. The van der Waals surface area contributed by atoms with Crippen molar-refractivity contribution in [2.24, 2.45) is 24.8 Å². The number of hydrogen-bond acceptors (Lipinski definition) is 19. The first-order valence-corrected chi connectivity index (χ1v) is 27.1. The van der Waals surface area contributed by atoms with E-state index in [1.807, 2.05) is 32.0 Å². The van der Waals surface area contributed by atoms with Gasteiger partial charge in [0.1, 0.15) is 29.0 Å². The number of esters is 2. The second-order valence-corrected chi connectivity index (χ2v) is 22.7. The zero-order valence-corrected chi connectivity index (χ0v) is 47.6. The summed E-state index contributed by atoms with van der Waals surface area (Å²) >= 11 is 0. The number of pyridine rings is 1. The van der Waals surface area contributed by atoms with E-state index in [4.69, 9.17) is 33.2 Å². The van der Waals surface area contributed by atoms with E-state index in [0.29, 0.717) is 37.0 Å². The number of methoxy groups -OCH3 is 1. The van der Waals surface area contributed by atoms with Crippen LogP contribution in [0.25, 0.3) is 10.9 Å². The van der Waals surface area contributed by atoms with Crippen LogP contribution in [-0.4, -0.2) is 190 Å². The molecular weight excluding hydrogens is 1000 g/mol. The van der Waals surface area contributed by atoms with Gasteiger partial charge in [-0.15, -0.1) is 0 Å². The number of aliphatic hydroxyl groups excluding tert-OH is 2. The van der Waals surface area contributed by atoms with Crippen LogP contribution in [0.5, 0.6) is 0 Å². The molecule has 2 aromatic rings. The minimum absolute atomic E-state index is 0.0138. The van der Waals surface area contributed by atoms with Gasteiger partial charge in [-0.25, -0.2) is 4.79 Å². The normalized spacial score (nSPS) is 36.8. The molecule has 3 fully saturated rings. The standard InChI is InChI=1S/C55H89N5O17/c1-15-40-55(10,70)46(64)33(6)49(65)58-29(2)26-53(8,69)47(77-52-44(63)39(59(11)12)24-30(3)72-52)31(4)45(32(5)51(68)74-40)76-42-27-54(9,71-14)48(34(7)73-42)75-41(61)20-23-56-21-16-17-22-57-35-18-19-36-38(25-35)60(13)28-37(43(36)62)50(66)67/h18-19,25,28-34,39-40,42,44-48,52,56-57,63-64,69-70H,15-17,20-24,26-27H2,1-14H3,(H,58,65)(H,66,67)/t29-,30-,31+,32-,33-,34+,39+,40-,42+,44-,45+,46-,47-,48+,52+,53-,54-,55-/m1/s1. The predicted molar refractivity (Wildman–Crippen MR) is 285 cm³/mol. The van der Waals surface area contributed by atoms with Crippen LogP contribution in [-0.2, 0) is 54.6 Å². The van der Waals surface area contributed by atoms with E-state index in [1.54, 1.807) is 65.3 Å². The Labute approximate surface area is 452 Å². The molecule has 1 aromatic carbocycles. The maximum atomic E-state index is 14.5. The number of likely N-dealkylation sites (N-methyl/N-ethyl adjacent to an activating group) is 1. The molecule has 3 aliphatic rings. The third-order valence-electron chi connectivity index (χ3n) is 15.9. The van der Waals surface area contributed by atoms with Crippen LogP contribution in [0.2, 0.25) is 0 Å². The lowest BCUT2D eigenvalue weighted by Gasteiger charge is -2.49. The van der Waals surface area contributed by atoms with Crippen molar-refractivity contribution in [3.63, 3.8) is 0 Å². The van der Waals surface area contributed by atoms with E-state index in [9.17, 15) is 49.5 Å². The number of carboxylic acids is 1. The summed E-state index contributed by atoms with van der Waals surface area (Å²) in [4.78, 5) is 67.5. The monoisotopic (exact) mass is 1090 g/mol. The number of hydrogen-bond donors (Lipinski definition) is 8. The van der Waals surface area contributed by atoms with Crippen LogP contribution in [0, 0.1) is 17.8 Å². The zero-order chi connectivity index (χ0) is 57.5. The summed E-state index contributed by atoms with van der Waals surface area (Å²) in [6, 6.07) is 4.08. The van der Waals surface area contributed by atoms with Crippen molar-refractivity contribution in [2.75, 3.05) is 46.2 Å². The minimum Gasteiger partial charge on any atom is -0.477 e. The first-order chi connectivity index (χ1) is 36.0. The average Bonchev–Trinajstić information content (AvgIpc) is 3.36. The van der Waals surface area contributed by atoms with Crippen molar-refractivity contribution < 1.29 is 77.9 Å². The number of cyclic esters (lactones) is 1. The van der Waals surface area contributed by atoms with Gasteiger partial charge in [-0.05, 0) is 119 Å². The van der Waals surface area contributed by atoms with Gasteiger partial charge in [0.15, 0.2) is 18.7 Å². The third kappa shape index (κ3) is 15.3. The Bertz CT molecular complexity index is 2380. The molecule has 0 unspecified atom stereocenters. The number of benzene rings is 1. The Morgan fingerprint density at radius 3 is 2.23 bits per heavy atom. The number of aromatic carboxylic acids is 1. The number of aromatic nitrogens is 1. The van der Waals surface area contributed by atoms with Crippen molar-refractivity contribution in [3.8, 4) is 0 Å². The molecule has 22 nitrogen and oxygen atoms in total. The van der Waals surface area contributed by atoms with Crippen LogP contribution in [0.4, 0.5) is 5.69 Å². The second kappa shape index (κ2) is 26.8. The van der Waals surface area contributed by atoms with Crippen molar-refractivity contribution in [2.45, 2.75) is 204 Å². The first kappa shape index (κ1) is 63.5. The third-order valence-corrected chi connectivity index (χ3v) is 15.9. The van der Waals surface area contributed by atoms with Crippen molar-refractivity contribution in [1.82, 2.24) is 20.1 Å². The largest absolute Gasteiger partial charge is 0.477 e. The summed E-state index contributed by atoms with van der Waals surface area (Å²) in [5, 5.41) is 66.7. The van der Waals surface area contributed by atoms with Crippen molar-refractivity contribution in [1.29, 1.82) is 0 Å². The topological polar surface area (TPSA) is 295 Å². The highest BCUT2D eigenvalue weighted by atomic mass is 16.7. The van der Waals surface area contributed by atoms with Crippen LogP contribution in [0.15, 0.2) is 29.2 Å². The summed E-state index contributed by atoms with van der Waals surface area (Å²) in [5.41, 5.74) is -4.48. The van der Waals surface area contributed by atoms with Gasteiger partial charge in [0.2, 0.25) is 11.3 Å². The van der Waals surface area contributed by atoms with Gasteiger partial charge in [0.05, 0.1) is 59.9 Å². The lowest BCUT2D eigenvalue weighted by Crippen LogP contribution is -2.61. The molecule has 0 bridgehead atoms. The maximum absolute atomic E-state index is 14.5. The molecule has 77 heavy (non-hydrogen) atoms. The summed E-state index contributed by atoms with van der Waals surface area (Å²) in [6.07, 6.45) is -7.48. The molecule has 0 spiro atoms. The molecule has 0 saturated carbocycles. The Morgan fingerprint density at radius 2 is 1.60 bits per heavy atom. The van der Waals surface area contributed by atoms with E-state index in [2.05, 4.69) is 16.0 Å². The van der Waals surface area contributed by atoms with Crippen molar-refractivity contribution in [3.05, 3.63) is 40.2 Å². The summed E-state index contributed by atoms with van der Waals surface area (Å²) in [7, 11) is 6.86. The highest BCUT2D eigenvalue weighted by molar-refractivity contribution is 5.93. The van der Waals surface area contributed by atoms with Crippen molar-refractivity contribution >= 4 is 40.4 Å². The fourth-order valence-electron chi connectivity index (χ4n) is 11.4. The van der Waals surface area contributed by atoms with Crippen LogP contribution < -0.4 is 21.4 Å². The smallest absolute Gasteiger partial charge is 0.341 e. The highest BCUT2D eigenvalue weighted by Gasteiger charge is 2.54. The van der Waals surface area contributed by atoms with E-state index in [-0.39, 0.29) is 43.4 Å². The molecule has 0 radical (unpaired) electrons. The second-order valence-electron chi connectivity index (χ2n) is 22.7. The number of aryl methyl sites for hydroxylation is 1. The minimum atomic E-state index is -2.08. The number of anilines is 1. The number of carboxylic acid groups (broad SMARTS) is 1. The Morgan fingerprint density at radius 1 is 0.922 bits per heavy atom. The van der Waals surface area contributed by atoms with Gasteiger partial charge >= 0.3 is 17.9 Å². The number of rotatable bonds is 18. The molecular formula is C55H89N5O17. The fraction of sp³-hybridized carbons (Fsp3) is 0.764. The zero-order valence-electron chi connectivity index (χ0n) is 47.6. The molecule has 1 aromatic heterocycles. The predicted octanol–water partition coefficient (Wildman–Crippen LogP) is 3.06. The molecule has 5 rings (SSSR count). The number of unbranched alkanes of at least 4 members (excludes halogenated alkanes) is 1. The Hall–Kier alpha value is -4.33. The number of aliphatic hydroxyl groups is 4. The number of amides is 1. The summed E-state index contributed by atoms with van der Waals surface area (Å²) in [6.45, 7) is 17.9. The molecule has 4 heterocycles.